The molecule has 1 unspecified atom stereocenters. The van der Waals surface area contributed by atoms with Crippen LogP contribution < -0.4 is 15.6 Å². The summed E-state index contributed by atoms with van der Waals surface area (Å²) < 4.78 is 19.7. The molecule has 144 valence electrons. The van der Waals surface area contributed by atoms with Crippen molar-refractivity contribution in [1.29, 1.82) is 0 Å². The first-order valence-electron chi connectivity index (χ1n) is 8.43. The quantitative estimate of drug-likeness (QED) is 0.706. The highest BCUT2D eigenvalue weighted by Gasteiger charge is 2.17. The van der Waals surface area contributed by atoms with E-state index in [9.17, 15) is 14.0 Å². The lowest BCUT2D eigenvalue weighted by Gasteiger charge is -2.15. The van der Waals surface area contributed by atoms with Crippen molar-refractivity contribution >= 4 is 23.2 Å². The normalized spacial score (nSPS) is 11.7. The molecule has 0 aliphatic carbocycles. The Bertz CT molecular complexity index is 1070. The number of anilines is 1. The number of halogens is 2. The Morgan fingerprint density at radius 1 is 1.18 bits per heavy atom. The van der Waals surface area contributed by atoms with Gasteiger partial charge >= 0.3 is 0 Å². The lowest BCUT2D eigenvalue weighted by atomic mass is 10.2. The standard InChI is InChI=1S/C20H17ClFN3O3/c1-12-3-4-14(21)11-17(12)25-19(26)10-9-18(24-25)28-13(2)20(27)23-16-7-5-15(22)6-8-16/h3-11,13H,1-2H3,(H,23,27). The molecule has 3 rings (SSSR count). The van der Waals surface area contributed by atoms with E-state index in [4.69, 9.17) is 16.3 Å². The lowest BCUT2D eigenvalue weighted by molar-refractivity contribution is -0.122. The van der Waals surface area contributed by atoms with Crippen molar-refractivity contribution in [2.45, 2.75) is 20.0 Å². The summed E-state index contributed by atoms with van der Waals surface area (Å²) in [5.41, 5.74) is 1.40. The van der Waals surface area contributed by atoms with Gasteiger partial charge in [0.1, 0.15) is 5.82 Å². The zero-order valence-corrected chi connectivity index (χ0v) is 15.9. The second-order valence-corrected chi connectivity index (χ2v) is 6.55. The van der Waals surface area contributed by atoms with E-state index in [1.807, 2.05) is 6.92 Å². The predicted octanol–water partition coefficient (Wildman–Crippen LogP) is 3.74. The smallest absolute Gasteiger partial charge is 0.271 e. The number of benzene rings is 2. The maximum absolute atomic E-state index is 13.0. The number of amides is 1. The summed E-state index contributed by atoms with van der Waals surface area (Å²) >= 11 is 6.02. The first-order chi connectivity index (χ1) is 13.3. The highest BCUT2D eigenvalue weighted by molar-refractivity contribution is 6.30. The Morgan fingerprint density at radius 3 is 2.61 bits per heavy atom. The van der Waals surface area contributed by atoms with E-state index in [2.05, 4.69) is 10.4 Å². The third-order valence-corrected chi connectivity index (χ3v) is 4.19. The maximum atomic E-state index is 13.0. The molecule has 0 spiro atoms. The van der Waals surface area contributed by atoms with Gasteiger partial charge in [-0.1, -0.05) is 17.7 Å². The first-order valence-corrected chi connectivity index (χ1v) is 8.81. The molecule has 3 aromatic rings. The summed E-state index contributed by atoms with van der Waals surface area (Å²) in [5, 5.41) is 7.26. The minimum atomic E-state index is -0.899. The van der Waals surface area contributed by atoms with Gasteiger partial charge in [-0.2, -0.15) is 4.68 Å². The molecule has 8 heteroatoms. The largest absolute Gasteiger partial charge is 0.463 e. The van der Waals surface area contributed by atoms with E-state index in [1.165, 1.54) is 41.1 Å². The van der Waals surface area contributed by atoms with Crippen LogP contribution >= 0.6 is 11.6 Å². The number of hydrogen-bond acceptors (Lipinski definition) is 4. The second kappa shape index (κ2) is 8.22. The van der Waals surface area contributed by atoms with Crippen molar-refractivity contribution in [3.8, 4) is 11.6 Å². The number of carbonyl (C=O) groups excluding carboxylic acids is 1. The Balaban J connectivity index is 1.79. The lowest BCUT2D eigenvalue weighted by Crippen LogP contribution is -2.31. The van der Waals surface area contributed by atoms with Crippen LogP contribution in [0.5, 0.6) is 5.88 Å². The number of rotatable bonds is 5. The van der Waals surface area contributed by atoms with E-state index < -0.39 is 17.8 Å². The average Bonchev–Trinajstić information content (AvgIpc) is 2.67. The highest BCUT2D eigenvalue weighted by atomic mass is 35.5. The third-order valence-electron chi connectivity index (χ3n) is 3.95. The number of aromatic nitrogens is 2. The van der Waals surface area contributed by atoms with Gasteiger partial charge in [-0.3, -0.25) is 9.59 Å². The Labute approximate surface area is 165 Å². The van der Waals surface area contributed by atoms with Crippen LogP contribution in [0.4, 0.5) is 10.1 Å². The van der Waals surface area contributed by atoms with Crippen molar-refractivity contribution in [1.82, 2.24) is 9.78 Å². The van der Waals surface area contributed by atoms with Crippen molar-refractivity contribution in [2.75, 3.05) is 5.32 Å². The van der Waals surface area contributed by atoms with Crippen LogP contribution in [-0.4, -0.2) is 21.8 Å². The number of carbonyl (C=O) groups is 1. The number of nitrogens with zero attached hydrogens (tertiary/aromatic N) is 2. The predicted molar refractivity (Wildman–Crippen MR) is 105 cm³/mol. The number of ether oxygens (including phenoxy) is 1. The Hall–Kier alpha value is -3.19. The molecule has 1 amide bonds. The molecule has 1 N–H and O–H groups in total. The fourth-order valence-corrected chi connectivity index (χ4v) is 2.62. The van der Waals surface area contributed by atoms with Gasteiger partial charge < -0.3 is 10.1 Å². The number of nitrogens with one attached hydrogen (secondary N) is 1. The molecule has 0 radical (unpaired) electrons. The molecule has 0 fully saturated rings. The molecular formula is C20H17ClFN3O3. The summed E-state index contributed by atoms with van der Waals surface area (Å²) in [6.45, 7) is 3.37. The fraction of sp³-hybridized carbons (Fsp3) is 0.150. The van der Waals surface area contributed by atoms with Gasteiger partial charge in [0, 0.05) is 22.8 Å². The van der Waals surface area contributed by atoms with Gasteiger partial charge in [0.05, 0.1) is 5.69 Å². The van der Waals surface area contributed by atoms with Crippen LogP contribution in [0.25, 0.3) is 5.69 Å². The summed E-state index contributed by atoms with van der Waals surface area (Å²) in [6.07, 6.45) is -0.899. The van der Waals surface area contributed by atoms with Gasteiger partial charge in [-0.05, 0) is 55.8 Å². The van der Waals surface area contributed by atoms with Crippen LogP contribution in [0.1, 0.15) is 12.5 Å². The van der Waals surface area contributed by atoms with Crippen LogP contribution in [0.2, 0.25) is 5.02 Å². The van der Waals surface area contributed by atoms with Crippen LogP contribution in [0, 0.1) is 12.7 Å². The van der Waals surface area contributed by atoms with E-state index in [1.54, 1.807) is 25.1 Å². The SMILES string of the molecule is Cc1ccc(Cl)cc1-n1nc(OC(C)C(=O)Nc2ccc(F)cc2)ccc1=O. The number of aryl methyl sites for hydroxylation is 1. The van der Waals surface area contributed by atoms with E-state index >= 15 is 0 Å². The molecule has 2 aromatic carbocycles. The first kappa shape index (κ1) is 19.6. The van der Waals surface area contributed by atoms with Gasteiger partial charge in [0.15, 0.2) is 6.10 Å². The molecule has 28 heavy (non-hydrogen) atoms. The average molecular weight is 402 g/mol. The molecule has 0 aliphatic heterocycles. The van der Waals surface area contributed by atoms with Crippen LogP contribution in [0.15, 0.2) is 59.4 Å². The minimum Gasteiger partial charge on any atom is -0.463 e. The number of hydrogen-bond donors (Lipinski definition) is 1. The third kappa shape index (κ3) is 4.55. The van der Waals surface area contributed by atoms with Gasteiger partial charge in [0.25, 0.3) is 11.5 Å². The van der Waals surface area contributed by atoms with Gasteiger partial charge in [0.2, 0.25) is 5.88 Å². The van der Waals surface area contributed by atoms with E-state index in [0.717, 1.165) is 5.56 Å². The molecule has 0 bridgehead atoms. The Kier molecular flexibility index (Phi) is 5.75. The van der Waals surface area contributed by atoms with Crippen LogP contribution in [0.3, 0.4) is 0 Å². The highest BCUT2D eigenvalue weighted by Crippen LogP contribution is 2.18. The van der Waals surface area contributed by atoms with Crippen molar-refractivity contribution in [3.05, 3.63) is 81.4 Å². The van der Waals surface area contributed by atoms with E-state index in [0.29, 0.717) is 16.4 Å². The molecule has 1 heterocycles. The minimum absolute atomic E-state index is 0.0979. The van der Waals surface area contributed by atoms with Crippen molar-refractivity contribution in [2.24, 2.45) is 0 Å². The molecule has 1 atom stereocenters. The zero-order valence-electron chi connectivity index (χ0n) is 15.1. The Morgan fingerprint density at radius 2 is 1.89 bits per heavy atom. The maximum Gasteiger partial charge on any atom is 0.271 e. The topological polar surface area (TPSA) is 73.2 Å². The van der Waals surface area contributed by atoms with Crippen LogP contribution in [-0.2, 0) is 4.79 Å². The molecular weight excluding hydrogens is 385 g/mol. The van der Waals surface area contributed by atoms with Crippen molar-refractivity contribution in [3.63, 3.8) is 0 Å². The summed E-state index contributed by atoms with van der Waals surface area (Å²) in [5.74, 6) is -0.740. The van der Waals surface area contributed by atoms with Gasteiger partial charge in [-0.15, -0.1) is 5.10 Å². The van der Waals surface area contributed by atoms with Gasteiger partial charge in [-0.25, -0.2) is 4.39 Å². The summed E-state index contributed by atoms with van der Waals surface area (Å²) in [7, 11) is 0. The molecule has 1 aromatic heterocycles. The molecule has 0 aliphatic rings. The summed E-state index contributed by atoms with van der Waals surface area (Å²) in [4.78, 5) is 24.5. The molecule has 0 saturated carbocycles. The second-order valence-electron chi connectivity index (χ2n) is 6.11. The van der Waals surface area contributed by atoms with Crippen molar-refractivity contribution < 1.29 is 13.9 Å². The van der Waals surface area contributed by atoms with E-state index in [-0.39, 0.29) is 11.4 Å². The summed E-state index contributed by atoms with van der Waals surface area (Å²) in [6, 6.07) is 13.2. The fourth-order valence-electron chi connectivity index (χ4n) is 2.45. The zero-order chi connectivity index (χ0) is 20.3. The monoisotopic (exact) mass is 401 g/mol. The molecule has 0 saturated heterocycles. The molecule has 6 nitrogen and oxygen atoms in total.